The average molecular weight is 212 g/mol. The normalized spacial score (nSPS) is 23.1. The fraction of sp³-hybridized carbons (Fsp3) is 0.917. The first kappa shape index (κ1) is 12.5. The molecule has 0 saturated heterocycles. The molecule has 0 aromatic heterocycles. The number of nitrogens with one attached hydrogen (secondary N) is 1. The van der Waals surface area contributed by atoms with Gasteiger partial charge in [-0.1, -0.05) is 32.6 Å². The van der Waals surface area contributed by atoms with Gasteiger partial charge in [0.15, 0.2) is 0 Å². The van der Waals surface area contributed by atoms with Crippen LogP contribution in [0.4, 0.5) is 0 Å². The van der Waals surface area contributed by atoms with E-state index in [4.69, 9.17) is 5.73 Å². The van der Waals surface area contributed by atoms with E-state index in [-0.39, 0.29) is 5.91 Å². The second-order valence-electron chi connectivity index (χ2n) is 4.88. The third kappa shape index (κ3) is 3.49. The van der Waals surface area contributed by atoms with Crippen LogP contribution in [0.15, 0.2) is 0 Å². The third-order valence-electron chi connectivity index (χ3n) is 3.63. The maximum absolute atomic E-state index is 11.4. The predicted molar refractivity (Wildman–Crippen MR) is 62.5 cm³/mol. The van der Waals surface area contributed by atoms with Gasteiger partial charge in [-0.05, 0) is 26.2 Å². The van der Waals surface area contributed by atoms with Gasteiger partial charge in [0.25, 0.3) is 0 Å². The summed E-state index contributed by atoms with van der Waals surface area (Å²) < 4.78 is 0. The molecule has 1 aliphatic carbocycles. The predicted octanol–water partition coefficient (Wildman–Crippen LogP) is 1.95. The van der Waals surface area contributed by atoms with Crippen LogP contribution in [0.25, 0.3) is 0 Å². The molecule has 0 radical (unpaired) electrons. The van der Waals surface area contributed by atoms with Crippen molar-refractivity contribution in [3.63, 3.8) is 0 Å². The molecule has 3 nitrogen and oxygen atoms in total. The maximum atomic E-state index is 11.4. The molecule has 15 heavy (non-hydrogen) atoms. The lowest BCUT2D eigenvalue weighted by Gasteiger charge is -2.31. The molecule has 3 N–H and O–H groups in total. The Morgan fingerprint density at radius 3 is 2.27 bits per heavy atom. The average Bonchev–Trinajstić information content (AvgIpc) is 2.46. The fourth-order valence-corrected chi connectivity index (χ4v) is 2.22. The topological polar surface area (TPSA) is 55.1 Å². The van der Waals surface area contributed by atoms with E-state index in [1.807, 2.05) is 13.8 Å². The van der Waals surface area contributed by atoms with Gasteiger partial charge in [0.1, 0.15) is 0 Å². The summed E-state index contributed by atoms with van der Waals surface area (Å²) >= 11 is 0. The molecule has 0 aliphatic heterocycles. The summed E-state index contributed by atoms with van der Waals surface area (Å²) in [6.07, 6.45) is 8.34. The van der Waals surface area contributed by atoms with Gasteiger partial charge in [-0.3, -0.25) is 4.79 Å². The molecular formula is C12H24N2O. The number of amides is 1. The molecule has 1 fully saturated rings. The van der Waals surface area contributed by atoms with Crippen molar-refractivity contribution in [1.29, 1.82) is 0 Å². The summed E-state index contributed by atoms with van der Waals surface area (Å²) in [4.78, 5) is 11.4. The summed E-state index contributed by atoms with van der Waals surface area (Å²) in [6, 6.07) is 0.477. The molecule has 1 aliphatic rings. The minimum Gasteiger partial charge on any atom is -0.368 e. The molecular weight excluding hydrogens is 188 g/mol. The molecule has 0 aromatic rings. The van der Waals surface area contributed by atoms with E-state index in [0.29, 0.717) is 6.04 Å². The van der Waals surface area contributed by atoms with E-state index in [1.165, 1.54) is 38.5 Å². The zero-order valence-electron chi connectivity index (χ0n) is 10.0. The van der Waals surface area contributed by atoms with Gasteiger partial charge in [0.2, 0.25) is 5.91 Å². The Bertz CT molecular complexity index is 210. The fourth-order valence-electron chi connectivity index (χ4n) is 2.22. The standard InChI is InChI=1S/C12H24N2O/c1-3-12(2,11(13)15)14-10-8-6-4-5-7-9-10/h10,14H,3-9H2,1-2H3,(H2,13,15). The van der Waals surface area contributed by atoms with E-state index in [9.17, 15) is 4.79 Å². The molecule has 1 unspecified atom stereocenters. The summed E-state index contributed by atoms with van der Waals surface area (Å²) in [6.45, 7) is 3.93. The van der Waals surface area contributed by atoms with Crippen LogP contribution in [-0.4, -0.2) is 17.5 Å². The zero-order valence-corrected chi connectivity index (χ0v) is 10.0. The van der Waals surface area contributed by atoms with E-state index in [0.717, 1.165) is 6.42 Å². The second kappa shape index (κ2) is 5.50. The Kier molecular flexibility index (Phi) is 4.58. The van der Waals surface area contributed by atoms with Crippen LogP contribution in [0.3, 0.4) is 0 Å². The van der Waals surface area contributed by atoms with Gasteiger partial charge in [0.05, 0.1) is 5.54 Å². The number of nitrogens with two attached hydrogens (primary N) is 1. The molecule has 3 heteroatoms. The Labute approximate surface area is 92.8 Å². The molecule has 1 atom stereocenters. The van der Waals surface area contributed by atoms with Crippen LogP contribution in [0, 0.1) is 0 Å². The SMILES string of the molecule is CCC(C)(NC1CCCCCC1)C(N)=O. The molecule has 0 bridgehead atoms. The smallest absolute Gasteiger partial charge is 0.237 e. The van der Waals surface area contributed by atoms with Gasteiger partial charge >= 0.3 is 0 Å². The first-order chi connectivity index (χ1) is 7.08. The zero-order chi connectivity index (χ0) is 11.3. The van der Waals surface area contributed by atoms with Crippen LogP contribution in [0.2, 0.25) is 0 Å². The summed E-state index contributed by atoms with van der Waals surface area (Å²) in [5, 5.41) is 3.45. The Morgan fingerprint density at radius 1 is 1.33 bits per heavy atom. The second-order valence-corrected chi connectivity index (χ2v) is 4.88. The van der Waals surface area contributed by atoms with E-state index >= 15 is 0 Å². The minimum absolute atomic E-state index is 0.228. The molecule has 1 saturated carbocycles. The lowest BCUT2D eigenvalue weighted by atomic mass is 9.95. The van der Waals surface area contributed by atoms with Crippen molar-refractivity contribution in [3.8, 4) is 0 Å². The lowest BCUT2D eigenvalue weighted by molar-refractivity contribution is -0.124. The monoisotopic (exact) mass is 212 g/mol. The quantitative estimate of drug-likeness (QED) is 0.700. The summed E-state index contributed by atoms with van der Waals surface area (Å²) in [5.41, 5.74) is 4.92. The van der Waals surface area contributed by atoms with Crippen molar-refractivity contribution in [1.82, 2.24) is 5.32 Å². The highest BCUT2D eigenvalue weighted by Gasteiger charge is 2.31. The highest BCUT2D eigenvalue weighted by molar-refractivity contribution is 5.84. The van der Waals surface area contributed by atoms with Gasteiger partial charge in [0, 0.05) is 6.04 Å². The van der Waals surface area contributed by atoms with Crippen LogP contribution < -0.4 is 11.1 Å². The first-order valence-electron chi connectivity index (χ1n) is 6.16. The van der Waals surface area contributed by atoms with E-state index in [1.54, 1.807) is 0 Å². The summed E-state index contributed by atoms with van der Waals surface area (Å²) in [5.74, 6) is -0.228. The molecule has 88 valence electrons. The number of hydrogen-bond acceptors (Lipinski definition) is 2. The third-order valence-corrected chi connectivity index (χ3v) is 3.63. The highest BCUT2D eigenvalue weighted by atomic mass is 16.1. The number of primary amides is 1. The number of rotatable bonds is 4. The Hall–Kier alpha value is -0.570. The van der Waals surface area contributed by atoms with Crippen molar-refractivity contribution >= 4 is 5.91 Å². The highest BCUT2D eigenvalue weighted by Crippen LogP contribution is 2.20. The van der Waals surface area contributed by atoms with Crippen molar-refractivity contribution in [2.24, 2.45) is 5.73 Å². The largest absolute Gasteiger partial charge is 0.368 e. The Morgan fingerprint density at radius 2 is 1.87 bits per heavy atom. The molecule has 0 aromatic carbocycles. The minimum atomic E-state index is -0.519. The first-order valence-corrected chi connectivity index (χ1v) is 6.16. The van der Waals surface area contributed by atoms with Crippen LogP contribution in [0.1, 0.15) is 58.8 Å². The Balaban J connectivity index is 2.53. The van der Waals surface area contributed by atoms with E-state index < -0.39 is 5.54 Å². The van der Waals surface area contributed by atoms with Crippen molar-refractivity contribution in [2.45, 2.75) is 70.4 Å². The van der Waals surface area contributed by atoms with E-state index in [2.05, 4.69) is 5.32 Å². The van der Waals surface area contributed by atoms with Crippen molar-refractivity contribution in [2.75, 3.05) is 0 Å². The molecule has 0 spiro atoms. The lowest BCUT2D eigenvalue weighted by Crippen LogP contribution is -2.56. The molecule has 1 amide bonds. The summed E-state index contributed by atoms with van der Waals surface area (Å²) in [7, 11) is 0. The van der Waals surface area contributed by atoms with Gasteiger partial charge in [-0.25, -0.2) is 0 Å². The van der Waals surface area contributed by atoms with Gasteiger partial charge in [-0.2, -0.15) is 0 Å². The number of carbonyl (C=O) groups is 1. The van der Waals surface area contributed by atoms with Crippen molar-refractivity contribution < 1.29 is 4.79 Å². The van der Waals surface area contributed by atoms with Crippen molar-refractivity contribution in [3.05, 3.63) is 0 Å². The molecule has 1 rings (SSSR count). The van der Waals surface area contributed by atoms with Gasteiger partial charge in [-0.15, -0.1) is 0 Å². The van der Waals surface area contributed by atoms with Gasteiger partial charge < -0.3 is 11.1 Å². The van der Waals surface area contributed by atoms with Crippen LogP contribution in [-0.2, 0) is 4.79 Å². The van der Waals surface area contributed by atoms with Crippen LogP contribution in [0.5, 0.6) is 0 Å². The molecule has 0 heterocycles. The number of hydrogen-bond donors (Lipinski definition) is 2. The number of carbonyl (C=O) groups excluding carboxylic acids is 1. The van der Waals surface area contributed by atoms with Crippen LogP contribution >= 0.6 is 0 Å². The maximum Gasteiger partial charge on any atom is 0.237 e.